The second-order valence-corrected chi connectivity index (χ2v) is 4.10. The molecule has 0 aliphatic rings. The lowest BCUT2D eigenvalue weighted by Gasteiger charge is -2.00. The molecule has 0 N–H and O–H groups in total. The Morgan fingerprint density at radius 3 is 2.59 bits per heavy atom. The number of hydrogen-bond donors (Lipinski definition) is 0. The van der Waals surface area contributed by atoms with Crippen LogP contribution in [0.2, 0.25) is 0 Å². The van der Waals surface area contributed by atoms with Crippen LogP contribution in [0.4, 0.5) is 0 Å². The van der Waals surface area contributed by atoms with E-state index in [2.05, 4.69) is 67.4 Å². The predicted octanol–water partition coefficient (Wildman–Crippen LogP) is 4.12. The molecule has 0 amide bonds. The molecule has 1 aromatic carbocycles. The highest BCUT2D eigenvalue weighted by Gasteiger charge is 1.94. The van der Waals surface area contributed by atoms with E-state index in [1.807, 2.05) is 6.07 Å². The molecule has 0 atom stereocenters. The monoisotopic (exact) mass is 223 g/mol. The highest BCUT2D eigenvalue weighted by Crippen LogP contribution is 2.11. The molecule has 2 aromatic rings. The van der Waals surface area contributed by atoms with E-state index in [1.54, 1.807) is 0 Å². The van der Waals surface area contributed by atoms with E-state index in [9.17, 15) is 0 Å². The van der Waals surface area contributed by atoms with Crippen molar-refractivity contribution in [2.24, 2.45) is 0 Å². The van der Waals surface area contributed by atoms with Gasteiger partial charge in [-0.05, 0) is 42.7 Å². The van der Waals surface area contributed by atoms with Gasteiger partial charge in [-0.3, -0.25) is 4.98 Å². The van der Waals surface area contributed by atoms with Gasteiger partial charge in [-0.15, -0.1) is 0 Å². The Morgan fingerprint density at radius 2 is 1.82 bits per heavy atom. The summed E-state index contributed by atoms with van der Waals surface area (Å²) in [6.45, 7) is 4.24. The van der Waals surface area contributed by atoms with Crippen molar-refractivity contribution in [3.05, 3.63) is 65.0 Å². The third-order valence-electron chi connectivity index (χ3n) is 2.81. The number of rotatable bonds is 3. The Bertz CT molecular complexity index is 527. The van der Waals surface area contributed by atoms with Crippen molar-refractivity contribution in [1.82, 2.24) is 4.98 Å². The maximum Gasteiger partial charge on any atom is 0.0633 e. The van der Waals surface area contributed by atoms with Gasteiger partial charge in [-0.2, -0.15) is 0 Å². The Hall–Kier alpha value is -1.89. The Balaban J connectivity index is 2.23. The summed E-state index contributed by atoms with van der Waals surface area (Å²) in [5.41, 5.74) is 4.69. The molecule has 0 aliphatic carbocycles. The lowest BCUT2D eigenvalue weighted by molar-refractivity contribution is 1.03. The van der Waals surface area contributed by atoms with Crippen molar-refractivity contribution in [3.8, 4) is 0 Å². The van der Waals surface area contributed by atoms with E-state index in [4.69, 9.17) is 0 Å². The fraction of sp³-hybridized carbons (Fsp3) is 0.188. The number of benzene rings is 1. The summed E-state index contributed by atoms with van der Waals surface area (Å²) in [5.74, 6) is 0. The zero-order chi connectivity index (χ0) is 12.1. The largest absolute Gasteiger partial charge is 0.253 e. The molecule has 1 nitrogen and oxygen atoms in total. The van der Waals surface area contributed by atoms with Crippen LogP contribution in [-0.2, 0) is 6.42 Å². The molecule has 0 saturated heterocycles. The van der Waals surface area contributed by atoms with Crippen LogP contribution >= 0.6 is 0 Å². The molecule has 0 radical (unpaired) electrons. The first-order valence-electron chi connectivity index (χ1n) is 5.99. The van der Waals surface area contributed by atoms with Crippen molar-refractivity contribution in [1.29, 1.82) is 0 Å². The molecule has 0 bridgehead atoms. The average molecular weight is 223 g/mol. The van der Waals surface area contributed by atoms with Gasteiger partial charge in [0.15, 0.2) is 0 Å². The fourth-order valence-corrected chi connectivity index (χ4v) is 1.74. The van der Waals surface area contributed by atoms with Gasteiger partial charge in [0.2, 0.25) is 0 Å². The molecule has 0 spiro atoms. The van der Waals surface area contributed by atoms with Crippen molar-refractivity contribution in [2.75, 3.05) is 0 Å². The van der Waals surface area contributed by atoms with E-state index in [1.165, 1.54) is 11.1 Å². The summed E-state index contributed by atoms with van der Waals surface area (Å²) in [4.78, 5) is 4.55. The van der Waals surface area contributed by atoms with E-state index < -0.39 is 0 Å². The Morgan fingerprint density at radius 1 is 1.00 bits per heavy atom. The molecule has 0 saturated carbocycles. The third-order valence-corrected chi connectivity index (χ3v) is 2.81. The number of pyridine rings is 1. The summed E-state index contributed by atoms with van der Waals surface area (Å²) in [6.07, 6.45) is 5.17. The van der Waals surface area contributed by atoms with Gasteiger partial charge in [-0.1, -0.05) is 43.3 Å². The van der Waals surface area contributed by atoms with Crippen molar-refractivity contribution in [2.45, 2.75) is 20.3 Å². The van der Waals surface area contributed by atoms with Crippen LogP contribution in [0.5, 0.6) is 0 Å². The van der Waals surface area contributed by atoms with Gasteiger partial charge in [0, 0.05) is 5.69 Å². The molecule has 0 unspecified atom stereocenters. The highest BCUT2D eigenvalue weighted by molar-refractivity contribution is 5.69. The topological polar surface area (TPSA) is 12.9 Å². The third kappa shape index (κ3) is 3.04. The Kier molecular flexibility index (Phi) is 3.71. The highest BCUT2D eigenvalue weighted by atomic mass is 14.7. The molecular weight excluding hydrogens is 206 g/mol. The van der Waals surface area contributed by atoms with Crippen LogP contribution in [-0.4, -0.2) is 4.98 Å². The van der Waals surface area contributed by atoms with Gasteiger partial charge in [0.25, 0.3) is 0 Å². The molecule has 1 heterocycles. The first-order chi connectivity index (χ1) is 8.29. The predicted molar refractivity (Wildman–Crippen MR) is 73.7 cm³/mol. The minimum atomic E-state index is 0.978. The van der Waals surface area contributed by atoms with Crippen LogP contribution in [0.15, 0.2) is 42.5 Å². The maximum absolute atomic E-state index is 4.55. The van der Waals surface area contributed by atoms with E-state index >= 15 is 0 Å². The second-order valence-electron chi connectivity index (χ2n) is 4.10. The van der Waals surface area contributed by atoms with E-state index in [0.29, 0.717) is 0 Å². The van der Waals surface area contributed by atoms with Gasteiger partial charge >= 0.3 is 0 Å². The van der Waals surface area contributed by atoms with E-state index in [0.717, 1.165) is 17.8 Å². The molecule has 1 aromatic heterocycles. The van der Waals surface area contributed by atoms with Crippen molar-refractivity contribution in [3.63, 3.8) is 0 Å². The zero-order valence-corrected chi connectivity index (χ0v) is 10.4. The van der Waals surface area contributed by atoms with Gasteiger partial charge < -0.3 is 0 Å². The van der Waals surface area contributed by atoms with Crippen LogP contribution < -0.4 is 0 Å². The Labute approximate surface area is 103 Å². The summed E-state index contributed by atoms with van der Waals surface area (Å²) in [6, 6.07) is 14.5. The minimum absolute atomic E-state index is 0.978. The summed E-state index contributed by atoms with van der Waals surface area (Å²) < 4.78 is 0. The van der Waals surface area contributed by atoms with E-state index in [-0.39, 0.29) is 0 Å². The van der Waals surface area contributed by atoms with Crippen molar-refractivity contribution < 1.29 is 0 Å². The maximum atomic E-state index is 4.55. The van der Waals surface area contributed by atoms with Crippen LogP contribution in [0, 0.1) is 6.92 Å². The lowest BCUT2D eigenvalue weighted by atomic mass is 10.1. The minimum Gasteiger partial charge on any atom is -0.253 e. The summed E-state index contributed by atoms with van der Waals surface area (Å²) in [5, 5.41) is 0. The second kappa shape index (κ2) is 5.44. The van der Waals surface area contributed by atoms with Gasteiger partial charge in [-0.25, -0.2) is 0 Å². The molecule has 86 valence electrons. The molecule has 2 rings (SSSR count). The molecule has 1 heteroatoms. The van der Waals surface area contributed by atoms with Crippen LogP contribution in [0.25, 0.3) is 12.2 Å². The van der Waals surface area contributed by atoms with Gasteiger partial charge in [0.05, 0.1) is 5.69 Å². The van der Waals surface area contributed by atoms with Crippen LogP contribution in [0.1, 0.15) is 29.4 Å². The summed E-state index contributed by atoms with van der Waals surface area (Å²) >= 11 is 0. The zero-order valence-electron chi connectivity index (χ0n) is 10.4. The van der Waals surface area contributed by atoms with Crippen molar-refractivity contribution >= 4 is 12.2 Å². The lowest BCUT2D eigenvalue weighted by Crippen LogP contribution is -1.88. The number of aryl methyl sites for hydroxylation is 2. The summed E-state index contributed by atoms with van der Waals surface area (Å²) in [7, 11) is 0. The average Bonchev–Trinajstić information content (AvgIpc) is 2.38. The number of nitrogens with zero attached hydrogens (tertiary/aromatic N) is 1. The first-order valence-corrected chi connectivity index (χ1v) is 5.99. The SMILES string of the molecule is CCc1cccc(C=Cc2ccccc2C)n1. The number of hydrogen-bond acceptors (Lipinski definition) is 1. The normalized spacial score (nSPS) is 10.9. The smallest absolute Gasteiger partial charge is 0.0633 e. The van der Waals surface area contributed by atoms with Crippen LogP contribution in [0.3, 0.4) is 0 Å². The standard InChI is InChI=1S/C16H17N/c1-3-15-9-6-10-16(17-15)12-11-14-8-5-4-7-13(14)2/h4-12H,3H2,1-2H3. The molecular formula is C16H17N. The molecule has 17 heavy (non-hydrogen) atoms. The fourth-order valence-electron chi connectivity index (χ4n) is 1.74. The quantitative estimate of drug-likeness (QED) is 0.762. The first kappa shape index (κ1) is 11.6. The molecule has 0 fully saturated rings. The molecule has 0 aliphatic heterocycles. The van der Waals surface area contributed by atoms with Gasteiger partial charge in [0.1, 0.15) is 0 Å². The number of aromatic nitrogens is 1.